The van der Waals surface area contributed by atoms with Gasteiger partial charge in [-0.05, 0) is 51.1 Å². The van der Waals surface area contributed by atoms with Crippen molar-refractivity contribution in [3.05, 3.63) is 47.2 Å². The second-order valence-electron chi connectivity index (χ2n) is 5.99. The SMILES string of the molecule is CCN(CC(=O)NC(C)C)C(=O)C=Cc1csc(-c2ccc(F)cc2)n1. The van der Waals surface area contributed by atoms with E-state index >= 15 is 0 Å². The van der Waals surface area contributed by atoms with Crippen molar-refractivity contribution >= 4 is 29.2 Å². The van der Waals surface area contributed by atoms with E-state index in [1.165, 1.54) is 34.4 Å². The van der Waals surface area contributed by atoms with Crippen LogP contribution in [0.25, 0.3) is 16.6 Å². The molecule has 0 spiro atoms. The molecule has 1 N–H and O–H groups in total. The maximum absolute atomic E-state index is 13.0. The van der Waals surface area contributed by atoms with Crippen molar-refractivity contribution in [3.63, 3.8) is 0 Å². The number of aromatic nitrogens is 1. The lowest BCUT2D eigenvalue weighted by molar-refractivity contribution is -0.132. The van der Waals surface area contributed by atoms with Gasteiger partial charge in [0.05, 0.1) is 12.2 Å². The van der Waals surface area contributed by atoms with E-state index in [0.717, 1.165) is 10.6 Å². The van der Waals surface area contributed by atoms with Gasteiger partial charge in [-0.3, -0.25) is 9.59 Å². The van der Waals surface area contributed by atoms with Crippen molar-refractivity contribution in [1.29, 1.82) is 0 Å². The average molecular weight is 375 g/mol. The molecule has 0 aliphatic heterocycles. The van der Waals surface area contributed by atoms with Gasteiger partial charge in [0.15, 0.2) is 0 Å². The van der Waals surface area contributed by atoms with E-state index < -0.39 is 0 Å². The van der Waals surface area contributed by atoms with Crippen molar-refractivity contribution < 1.29 is 14.0 Å². The van der Waals surface area contributed by atoms with E-state index in [9.17, 15) is 14.0 Å². The van der Waals surface area contributed by atoms with Gasteiger partial charge in [-0.2, -0.15) is 0 Å². The first kappa shape index (κ1) is 19.8. The molecule has 2 amide bonds. The Balaban J connectivity index is 2.00. The van der Waals surface area contributed by atoms with Gasteiger partial charge in [-0.1, -0.05) is 0 Å². The zero-order valence-corrected chi connectivity index (χ0v) is 15.8. The van der Waals surface area contributed by atoms with E-state index in [2.05, 4.69) is 10.3 Å². The summed E-state index contributed by atoms with van der Waals surface area (Å²) in [5.41, 5.74) is 1.47. The number of benzene rings is 1. The lowest BCUT2D eigenvalue weighted by Gasteiger charge is -2.19. The smallest absolute Gasteiger partial charge is 0.247 e. The lowest BCUT2D eigenvalue weighted by atomic mass is 10.2. The first-order chi connectivity index (χ1) is 12.4. The zero-order valence-electron chi connectivity index (χ0n) is 15.0. The molecule has 0 bridgehead atoms. The van der Waals surface area contributed by atoms with Crippen LogP contribution in [0.3, 0.4) is 0 Å². The van der Waals surface area contributed by atoms with Crippen LogP contribution in [0.15, 0.2) is 35.7 Å². The quantitative estimate of drug-likeness (QED) is 0.755. The second kappa shape index (κ2) is 9.24. The van der Waals surface area contributed by atoms with Crippen LogP contribution >= 0.6 is 11.3 Å². The Morgan fingerprint density at radius 2 is 2.00 bits per heavy atom. The van der Waals surface area contributed by atoms with Crippen molar-refractivity contribution in [3.8, 4) is 10.6 Å². The third-order valence-electron chi connectivity index (χ3n) is 3.49. The molecule has 138 valence electrons. The van der Waals surface area contributed by atoms with Crippen LogP contribution in [0.2, 0.25) is 0 Å². The molecule has 0 atom stereocenters. The highest BCUT2D eigenvalue weighted by Crippen LogP contribution is 2.24. The summed E-state index contributed by atoms with van der Waals surface area (Å²) in [6.07, 6.45) is 3.03. The molecule has 0 unspecified atom stereocenters. The molecule has 0 aliphatic rings. The van der Waals surface area contributed by atoms with E-state index in [0.29, 0.717) is 12.2 Å². The molecular formula is C19H22FN3O2S. The number of nitrogens with one attached hydrogen (secondary N) is 1. The van der Waals surface area contributed by atoms with Crippen molar-refractivity contribution in [2.24, 2.45) is 0 Å². The Kier molecular flexibility index (Phi) is 7.03. The number of hydrogen-bond acceptors (Lipinski definition) is 4. The van der Waals surface area contributed by atoms with Crippen LogP contribution in [0.4, 0.5) is 4.39 Å². The van der Waals surface area contributed by atoms with Crippen molar-refractivity contribution in [2.75, 3.05) is 13.1 Å². The topological polar surface area (TPSA) is 62.3 Å². The Bertz CT molecular complexity index is 784. The number of carbonyl (C=O) groups excluding carboxylic acids is 2. The Morgan fingerprint density at radius 3 is 2.62 bits per heavy atom. The summed E-state index contributed by atoms with van der Waals surface area (Å²) in [5.74, 6) is -0.726. The van der Waals surface area contributed by atoms with Crippen LogP contribution in [0, 0.1) is 5.82 Å². The normalized spacial score (nSPS) is 11.1. The molecule has 2 aromatic rings. The second-order valence-corrected chi connectivity index (χ2v) is 6.85. The van der Waals surface area contributed by atoms with Gasteiger partial charge in [0.25, 0.3) is 0 Å². The molecule has 0 aliphatic carbocycles. The van der Waals surface area contributed by atoms with Crippen molar-refractivity contribution in [2.45, 2.75) is 26.8 Å². The highest BCUT2D eigenvalue weighted by Gasteiger charge is 2.14. The van der Waals surface area contributed by atoms with E-state index in [-0.39, 0.29) is 30.2 Å². The predicted octanol–water partition coefficient (Wildman–Crippen LogP) is 3.34. The number of nitrogens with zero attached hydrogens (tertiary/aromatic N) is 2. The third kappa shape index (κ3) is 5.77. The molecule has 0 saturated heterocycles. The molecule has 1 aromatic carbocycles. The maximum Gasteiger partial charge on any atom is 0.247 e. The minimum Gasteiger partial charge on any atom is -0.352 e. The summed E-state index contributed by atoms with van der Waals surface area (Å²) in [7, 11) is 0. The Labute approximate surface area is 156 Å². The fraction of sp³-hybridized carbons (Fsp3) is 0.316. The fourth-order valence-electron chi connectivity index (χ4n) is 2.24. The highest BCUT2D eigenvalue weighted by molar-refractivity contribution is 7.13. The number of rotatable bonds is 7. The van der Waals surface area contributed by atoms with Gasteiger partial charge < -0.3 is 10.2 Å². The molecule has 2 rings (SSSR count). The van der Waals surface area contributed by atoms with Gasteiger partial charge in [-0.25, -0.2) is 9.37 Å². The van der Waals surface area contributed by atoms with E-state index in [1.54, 1.807) is 18.2 Å². The summed E-state index contributed by atoms with van der Waals surface area (Å²) in [4.78, 5) is 30.0. The molecule has 26 heavy (non-hydrogen) atoms. The standard InChI is InChI=1S/C19H22FN3O2S/c1-4-23(11-17(24)21-13(2)3)18(25)10-9-16-12-26-19(22-16)14-5-7-15(20)8-6-14/h5-10,12-13H,4,11H2,1-3H3,(H,21,24). The zero-order chi connectivity index (χ0) is 19.1. The molecular weight excluding hydrogens is 353 g/mol. The first-order valence-electron chi connectivity index (χ1n) is 8.37. The highest BCUT2D eigenvalue weighted by atomic mass is 32.1. The van der Waals surface area contributed by atoms with Gasteiger partial charge in [0.1, 0.15) is 10.8 Å². The lowest BCUT2D eigenvalue weighted by Crippen LogP contribution is -2.42. The van der Waals surface area contributed by atoms with Crippen LogP contribution in [-0.4, -0.2) is 40.8 Å². The summed E-state index contributed by atoms with van der Waals surface area (Å²) in [6, 6.07) is 6.14. The van der Waals surface area contributed by atoms with Crippen LogP contribution in [0.5, 0.6) is 0 Å². The van der Waals surface area contributed by atoms with Crippen LogP contribution in [0.1, 0.15) is 26.5 Å². The molecule has 1 aromatic heterocycles. The molecule has 5 nitrogen and oxygen atoms in total. The number of likely N-dealkylation sites (N-methyl/N-ethyl adjacent to an activating group) is 1. The van der Waals surface area contributed by atoms with E-state index in [1.807, 2.05) is 26.2 Å². The van der Waals surface area contributed by atoms with E-state index in [4.69, 9.17) is 0 Å². The third-order valence-corrected chi connectivity index (χ3v) is 4.40. The van der Waals surface area contributed by atoms with Crippen LogP contribution < -0.4 is 5.32 Å². The summed E-state index contributed by atoms with van der Waals surface area (Å²) in [6.45, 7) is 6.03. The summed E-state index contributed by atoms with van der Waals surface area (Å²) < 4.78 is 13.0. The molecule has 7 heteroatoms. The maximum atomic E-state index is 13.0. The number of halogens is 1. The van der Waals surface area contributed by atoms with Gasteiger partial charge in [0, 0.05) is 29.6 Å². The van der Waals surface area contributed by atoms with Gasteiger partial charge in [-0.15, -0.1) is 11.3 Å². The number of amides is 2. The Morgan fingerprint density at radius 1 is 1.31 bits per heavy atom. The van der Waals surface area contributed by atoms with Crippen molar-refractivity contribution in [1.82, 2.24) is 15.2 Å². The first-order valence-corrected chi connectivity index (χ1v) is 9.24. The van der Waals surface area contributed by atoms with Gasteiger partial charge in [0.2, 0.25) is 11.8 Å². The van der Waals surface area contributed by atoms with Gasteiger partial charge >= 0.3 is 0 Å². The summed E-state index contributed by atoms with van der Waals surface area (Å²) in [5, 5.41) is 5.34. The average Bonchev–Trinajstić information content (AvgIpc) is 3.06. The summed E-state index contributed by atoms with van der Waals surface area (Å²) >= 11 is 1.42. The largest absolute Gasteiger partial charge is 0.352 e. The minimum atomic E-state index is -0.294. The Hall–Kier alpha value is -2.54. The monoisotopic (exact) mass is 375 g/mol. The molecule has 0 radical (unpaired) electrons. The number of hydrogen-bond donors (Lipinski definition) is 1. The predicted molar refractivity (Wildman–Crippen MR) is 102 cm³/mol. The number of carbonyl (C=O) groups is 2. The van der Waals surface area contributed by atoms with Crippen LogP contribution in [-0.2, 0) is 9.59 Å². The molecule has 0 fully saturated rings. The molecule has 1 heterocycles. The molecule has 0 saturated carbocycles. The fourth-order valence-corrected chi connectivity index (χ4v) is 3.03. The number of thiazole rings is 1. The minimum absolute atomic E-state index is 0.0236.